The zero-order chi connectivity index (χ0) is 15.0. The number of halogens is 1. The van der Waals surface area contributed by atoms with Crippen LogP contribution in [0.2, 0.25) is 0 Å². The van der Waals surface area contributed by atoms with Gasteiger partial charge in [-0.05, 0) is 26.0 Å². The summed E-state index contributed by atoms with van der Waals surface area (Å²) in [5, 5.41) is 8.50. The molecule has 0 bridgehead atoms. The summed E-state index contributed by atoms with van der Waals surface area (Å²) in [6.45, 7) is 7.83. The largest absolute Gasteiger partial charge is 0.354 e. The Hall–Kier alpha value is -2.24. The molecule has 0 aliphatic rings. The van der Waals surface area contributed by atoms with Crippen molar-refractivity contribution in [2.24, 2.45) is 0 Å². The molecule has 0 aliphatic carbocycles. The zero-order valence-electron chi connectivity index (χ0n) is 12.5. The minimum Gasteiger partial charge on any atom is -0.354 e. The first-order valence-corrected chi connectivity index (χ1v) is 7.27. The molecule has 5 nitrogen and oxygen atoms in total. The Morgan fingerprint density at radius 1 is 1.14 bits per heavy atom. The van der Waals surface area contributed by atoms with E-state index in [1.165, 1.54) is 12.1 Å². The summed E-state index contributed by atoms with van der Waals surface area (Å²) in [5.74, 6) is 1.33. The number of rotatable bonds is 4. The molecular weight excluding hydrogens is 269 g/mol. The fourth-order valence-electron chi connectivity index (χ4n) is 2.61. The Kier molecular flexibility index (Phi) is 3.45. The molecule has 0 unspecified atom stereocenters. The first kappa shape index (κ1) is 13.7. The molecule has 2 aromatic heterocycles. The van der Waals surface area contributed by atoms with Crippen molar-refractivity contribution < 1.29 is 4.39 Å². The van der Waals surface area contributed by atoms with Gasteiger partial charge in [0.05, 0.1) is 11.0 Å². The minimum absolute atomic E-state index is 0.281. The van der Waals surface area contributed by atoms with E-state index in [1.54, 1.807) is 6.07 Å². The Morgan fingerprint density at radius 2 is 1.90 bits per heavy atom. The molecule has 0 aliphatic heterocycles. The van der Waals surface area contributed by atoms with E-state index < -0.39 is 0 Å². The lowest BCUT2D eigenvalue weighted by atomic mass is 10.2. The van der Waals surface area contributed by atoms with Gasteiger partial charge in [0.15, 0.2) is 5.82 Å². The summed E-state index contributed by atoms with van der Waals surface area (Å²) < 4.78 is 15.5. The van der Waals surface area contributed by atoms with Gasteiger partial charge in [-0.15, -0.1) is 10.2 Å². The Labute approximate surface area is 122 Å². The molecule has 0 atom stereocenters. The molecule has 0 amide bonds. The highest BCUT2D eigenvalue weighted by atomic mass is 19.1. The van der Waals surface area contributed by atoms with Gasteiger partial charge in [0, 0.05) is 25.6 Å². The van der Waals surface area contributed by atoms with Crippen molar-refractivity contribution in [3.63, 3.8) is 0 Å². The number of hydrogen-bond acceptors (Lipinski definition) is 4. The first-order chi connectivity index (χ1) is 10.2. The van der Waals surface area contributed by atoms with E-state index in [-0.39, 0.29) is 5.82 Å². The van der Waals surface area contributed by atoms with Crippen molar-refractivity contribution in [2.45, 2.75) is 27.2 Å². The van der Waals surface area contributed by atoms with Gasteiger partial charge in [-0.3, -0.25) is 4.40 Å². The molecule has 0 spiro atoms. The monoisotopic (exact) mass is 287 g/mol. The van der Waals surface area contributed by atoms with Crippen LogP contribution in [-0.2, 0) is 6.42 Å². The van der Waals surface area contributed by atoms with Crippen molar-refractivity contribution in [3.05, 3.63) is 29.8 Å². The van der Waals surface area contributed by atoms with Gasteiger partial charge in [-0.2, -0.15) is 0 Å². The fourth-order valence-corrected chi connectivity index (χ4v) is 2.61. The maximum atomic E-state index is 13.6. The lowest BCUT2D eigenvalue weighted by molar-refractivity contribution is 0.629. The molecule has 110 valence electrons. The van der Waals surface area contributed by atoms with Crippen LogP contribution in [0.1, 0.15) is 26.6 Å². The molecule has 0 saturated heterocycles. The maximum Gasteiger partial charge on any atom is 0.204 e. The molecule has 0 radical (unpaired) electrons. The molecule has 2 heterocycles. The molecule has 0 fully saturated rings. The number of fused-ring (bicyclic) bond motifs is 3. The predicted molar refractivity (Wildman–Crippen MR) is 81.2 cm³/mol. The fraction of sp³-hybridized carbons (Fsp3) is 0.400. The summed E-state index contributed by atoms with van der Waals surface area (Å²) in [6, 6.07) is 4.63. The second kappa shape index (κ2) is 5.27. The van der Waals surface area contributed by atoms with Crippen LogP contribution in [0.15, 0.2) is 18.2 Å². The van der Waals surface area contributed by atoms with Crippen molar-refractivity contribution >= 4 is 22.5 Å². The predicted octanol–water partition coefficient (Wildman–Crippen LogP) is 2.83. The molecule has 3 aromatic rings. The van der Waals surface area contributed by atoms with E-state index in [4.69, 9.17) is 0 Å². The van der Waals surface area contributed by atoms with Gasteiger partial charge in [0.1, 0.15) is 11.6 Å². The Balaban J connectivity index is 2.43. The van der Waals surface area contributed by atoms with Gasteiger partial charge < -0.3 is 4.90 Å². The third-order valence-corrected chi connectivity index (χ3v) is 3.71. The van der Waals surface area contributed by atoms with Crippen molar-refractivity contribution in [1.82, 2.24) is 19.6 Å². The van der Waals surface area contributed by atoms with Crippen LogP contribution in [0.25, 0.3) is 16.7 Å². The van der Waals surface area contributed by atoms with Gasteiger partial charge in [0.25, 0.3) is 0 Å². The van der Waals surface area contributed by atoms with Crippen molar-refractivity contribution in [3.8, 4) is 0 Å². The number of anilines is 1. The average molecular weight is 287 g/mol. The quantitative estimate of drug-likeness (QED) is 0.740. The average Bonchev–Trinajstić information content (AvgIpc) is 2.93. The maximum absolute atomic E-state index is 13.6. The summed E-state index contributed by atoms with van der Waals surface area (Å²) in [6.07, 6.45) is 0.731. The van der Waals surface area contributed by atoms with E-state index >= 15 is 0 Å². The Morgan fingerprint density at radius 3 is 2.57 bits per heavy atom. The van der Waals surface area contributed by atoms with Crippen LogP contribution in [0.3, 0.4) is 0 Å². The summed E-state index contributed by atoms with van der Waals surface area (Å²) in [4.78, 5) is 6.80. The molecule has 3 rings (SSSR count). The van der Waals surface area contributed by atoms with Gasteiger partial charge in [0.2, 0.25) is 5.65 Å². The molecule has 0 N–H and O–H groups in total. The number of nitrogens with zero attached hydrogens (tertiary/aromatic N) is 5. The third kappa shape index (κ3) is 2.11. The SMILES string of the molecule is CCc1nnc2c(N(CC)CC)nc3ccc(F)cc3n12. The summed E-state index contributed by atoms with van der Waals surface area (Å²) in [5.41, 5.74) is 2.15. The highest BCUT2D eigenvalue weighted by molar-refractivity contribution is 5.83. The number of aromatic nitrogens is 4. The van der Waals surface area contributed by atoms with Crippen LogP contribution >= 0.6 is 0 Å². The van der Waals surface area contributed by atoms with Gasteiger partial charge in [-0.1, -0.05) is 6.92 Å². The Bertz CT molecular complexity index is 791. The summed E-state index contributed by atoms with van der Waals surface area (Å²) >= 11 is 0. The summed E-state index contributed by atoms with van der Waals surface area (Å²) in [7, 11) is 0. The van der Waals surface area contributed by atoms with E-state index in [1.807, 2.05) is 11.3 Å². The second-order valence-corrected chi connectivity index (χ2v) is 4.87. The number of benzene rings is 1. The van der Waals surface area contributed by atoms with Gasteiger partial charge >= 0.3 is 0 Å². The van der Waals surface area contributed by atoms with Crippen LogP contribution in [-0.4, -0.2) is 32.7 Å². The van der Waals surface area contributed by atoms with Crippen LogP contribution in [0.4, 0.5) is 10.2 Å². The molecule has 0 saturated carbocycles. The third-order valence-electron chi connectivity index (χ3n) is 3.71. The van der Waals surface area contributed by atoms with E-state index in [0.717, 1.165) is 36.7 Å². The van der Waals surface area contributed by atoms with Crippen LogP contribution in [0, 0.1) is 5.82 Å². The lowest BCUT2D eigenvalue weighted by Gasteiger charge is -2.20. The van der Waals surface area contributed by atoms with E-state index in [2.05, 4.69) is 33.9 Å². The molecule has 6 heteroatoms. The van der Waals surface area contributed by atoms with E-state index in [9.17, 15) is 4.39 Å². The zero-order valence-corrected chi connectivity index (χ0v) is 12.5. The van der Waals surface area contributed by atoms with Crippen LogP contribution in [0.5, 0.6) is 0 Å². The van der Waals surface area contributed by atoms with E-state index in [0.29, 0.717) is 11.2 Å². The lowest BCUT2D eigenvalue weighted by Crippen LogP contribution is -2.24. The highest BCUT2D eigenvalue weighted by Crippen LogP contribution is 2.25. The highest BCUT2D eigenvalue weighted by Gasteiger charge is 2.17. The molecule has 21 heavy (non-hydrogen) atoms. The number of hydrogen-bond donors (Lipinski definition) is 0. The van der Waals surface area contributed by atoms with Crippen molar-refractivity contribution in [1.29, 1.82) is 0 Å². The van der Waals surface area contributed by atoms with Crippen molar-refractivity contribution in [2.75, 3.05) is 18.0 Å². The standard InChI is InChI=1S/C15H18FN5/c1-4-13-18-19-15-14(20(5-2)6-3)17-11-8-7-10(16)9-12(11)21(13)15/h7-9H,4-6H2,1-3H3. The molecular formula is C15H18FN5. The normalized spacial score (nSPS) is 11.4. The van der Waals surface area contributed by atoms with Crippen LogP contribution < -0.4 is 4.90 Å². The van der Waals surface area contributed by atoms with Gasteiger partial charge in [-0.25, -0.2) is 9.37 Å². The first-order valence-electron chi connectivity index (χ1n) is 7.27. The molecule has 1 aromatic carbocycles. The smallest absolute Gasteiger partial charge is 0.204 e. The topological polar surface area (TPSA) is 46.3 Å². The number of aryl methyl sites for hydroxylation is 1. The minimum atomic E-state index is -0.281. The second-order valence-electron chi connectivity index (χ2n) is 4.87.